The largest absolute Gasteiger partial charge is 0.408 e. The predicted molar refractivity (Wildman–Crippen MR) is 102 cm³/mol. The number of nitriles is 1. The number of aryl methyl sites for hydroxylation is 2. The first kappa shape index (κ1) is 16.2. The normalized spacial score (nSPS) is 11.2. The van der Waals surface area contributed by atoms with Crippen molar-refractivity contribution in [1.29, 1.82) is 5.26 Å². The van der Waals surface area contributed by atoms with Crippen molar-refractivity contribution in [2.45, 2.75) is 0 Å². The Bertz CT molecular complexity index is 1210. The van der Waals surface area contributed by atoms with Crippen LogP contribution in [0.3, 0.4) is 0 Å². The molecule has 4 aromatic rings. The Labute approximate surface area is 150 Å². The molecule has 0 amide bonds. The van der Waals surface area contributed by atoms with E-state index in [1.165, 1.54) is 12.1 Å². The quantitative estimate of drug-likeness (QED) is 0.522. The van der Waals surface area contributed by atoms with Crippen LogP contribution >= 0.6 is 0 Å². The maximum absolute atomic E-state index is 13.9. The van der Waals surface area contributed by atoms with Crippen molar-refractivity contribution in [2.75, 3.05) is 11.9 Å². The number of imidazole rings is 1. The number of hydrogen-bond acceptors (Lipinski definition) is 4. The molecular formula is C18H16BFN6. The van der Waals surface area contributed by atoms with Gasteiger partial charge >= 0.3 is 0 Å². The highest BCUT2D eigenvalue weighted by Gasteiger charge is 2.19. The van der Waals surface area contributed by atoms with Gasteiger partial charge in [0.15, 0.2) is 0 Å². The van der Waals surface area contributed by atoms with Gasteiger partial charge in [0.25, 0.3) is 0 Å². The second-order valence-electron chi connectivity index (χ2n) is 6.55. The summed E-state index contributed by atoms with van der Waals surface area (Å²) in [6, 6.07) is 8.33. The van der Waals surface area contributed by atoms with Crippen LogP contribution in [0.1, 0.15) is 5.56 Å². The zero-order valence-electron chi connectivity index (χ0n) is 14.9. The lowest BCUT2D eigenvalue weighted by atomic mass is 10.1. The van der Waals surface area contributed by atoms with Crippen LogP contribution < -0.4 is 4.81 Å². The molecule has 0 unspecified atom stereocenters. The summed E-state index contributed by atoms with van der Waals surface area (Å²) in [5.74, 6) is 0.342. The molecule has 6 nitrogen and oxygen atoms in total. The molecule has 0 saturated carbocycles. The topological polar surface area (TPSA) is 62.7 Å². The molecule has 128 valence electrons. The number of halogens is 1. The monoisotopic (exact) mass is 346 g/mol. The van der Waals surface area contributed by atoms with Crippen LogP contribution in [-0.4, -0.2) is 34.1 Å². The van der Waals surface area contributed by atoms with Crippen molar-refractivity contribution < 1.29 is 4.39 Å². The molecule has 0 radical (unpaired) electrons. The van der Waals surface area contributed by atoms with Gasteiger partial charge in [0.05, 0.1) is 29.2 Å². The molecule has 0 aliphatic rings. The summed E-state index contributed by atoms with van der Waals surface area (Å²) < 4.78 is 17.8. The fraction of sp³-hybridized carbons (Fsp3) is 0.167. The molecule has 0 aliphatic heterocycles. The fourth-order valence-corrected chi connectivity index (χ4v) is 3.36. The molecule has 4 rings (SSSR count). The number of rotatable bonds is 2. The summed E-state index contributed by atoms with van der Waals surface area (Å²) in [5.41, 5.74) is 4.29. The second-order valence-corrected chi connectivity index (χ2v) is 6.55. The first-order valence-electron chi connectivity index (χ1n) is 8.09. The van der Waals surface area contributed by atoms with E-state index < -0.39 is 5.82 Å². The SMILES string of the molecule is BN(C)c1nc2c(cc(-c3cc(F)cc(C#N)c3)n2C)c2c1ncn2C. The van der Waals surface area contributed by atoms with Crippen molar-refractivity contribution in [3.63, 3.8) is 0 Å². The van der Waals surface area contributed by atoms with Crippen molar-refractivity contribution >= 4 is 35.9 Å². The van der Waals surface area contributed by atoms with Gasteiger partial charge in [-0.25, -0.2) is 14.4 Å². The first-order valence-corrected chi connectivity index (χ1v) is 8.09. The number of aromatic nitrogens is 4. The number of pyridine rings is 1. The van der Waals surface area contributed by atoms with Gasteiger partial charge in [-0.15, -0.1) is 0 Å². The molecule has 3 aromatic heterocycles. The Morgan fingerprint density at radius 3 is 2.69 bits per heavy atom. The number of fused-ring (bicyclic) bond motifs is 3. The van der Waals surface area contributed by atoms with Gasteiger partial charge in [0, 0.05) is 25.0 Å². The molecular weight excluding hydrogens is 330 g/mol. The smallest absolute Gasteiger partial charge is 0.219 e. The molecule has 26 heavy (non-hydrogen) atoms. The zero-order chi connectivity index (χ0) is 18.6. The Balaban J connectivity index is 2.10. The minimum atomic E-state index is -0.433. The van der Waals surface area contributed by atoms with Gasteiger partial charge in [-0.1, -0.05) is 0 Å². The van der Waals surface area contributed by atoms with Crippen molar-refractivity contribution in [1.82, 2.24) is 19.1 Å². The van der Waals surface area contributed by atoms with Crippen LogP contribution in [0, 0.1) is 17.1 Å². The molecule has 0 spiro atoms. The fourth-order valence-electron chi connectivity index (χ4n) is 3.36. The van der Waals surface area contributed by atoms with E-state index in [9.17, 15) is 4.39 Å². The van der Waals surface area contributed by atoms with Gasteiger partial charge < -0.3 is 13.9 Å². The van der Waals surface area contributed by atoms with Gasteiger partial charge in [-0.2, -0.15) is 5.26 Å². The first-order chi connectivity index (χ1) is 12.4. The van der Waals surface area contributed by atoms with E-state index in [4.69, 9.17) is 10.2 Å². The zero-order valence-corrected chi connectivity index (χ0v) is 14.9. The highest BCUT2D eigenvalue weighted by Crippen LogP contribution is 2.34. The van der Waals surface area contributed by atoms with Crippen LogP contribution in [0.4, 0.5) is 10.2 Å². The molecule has 0 fully saturated rings. The summed E-state index contributed by atoms with van der Waals surface area (Å²) in [7, 11) is 7.69. The Kier molecular flexibility index (Phi) is 3.48. The average Bonchev–Trinajstić information content (AvgIpc) is 3.14. The Morgan fingerprint density at radius 2 is 2.00 bits per heavy atom. The van der Waals surface area contributed by atoms with E-state index in [2.05, 4.69) is 4.98 Å². The highest BCUT2D eigenvalue weighted by molar-refractivity contribution is 6.20. The maximum atomic E-state index is 13.9. The molecule has 0 aliphatic carbocycles. The van der Waals surface area contributed by atoms with E-state index in [0.29, 0.717) is 5.56 Å². The van der Waals surface area contributed by atoms with Gasteiger partial charge in [-0.3, -0.25) is 0 Å². The Hall–Kier alpha value is -3.34. The third-order valence-electron chi connectivity index (χ3n) is 4.56. The van der Waals surface area contributed by atoms with Crippen molar-refractivity contribution in [3.05, 3.63) is 42.0 Å². The standard InChI is InChI=1S/C18H16BFN6/c1-24-9-22-15-16(24)13-7-14(11-4-10(8-21)5-12(20)6-11)25(2)17(13)23-18(15)26(3)19/h4-7,9H,19H2,1-3H3. The van der Waals surface area contributed by atoms with Crippen LogP contribution in [0.25, 0.3) is 33.3 Å². The summed E-state index contributed by atoms with van der Waals surface area (Å²) in [5, 5.41) is 10.1. The van der Waals surface area contributed by atoms with Crippen LogP contribution in [0.15, 0.2) is 30.6 Å². The molecule has 3 heterocycles. The molecule has 0 N–H and O–H groups in total. The lowest BCUT2D eigenvalue weighted by Gasteiger charge is -2.13. The number of anilines is 1. The molecule has 0 atom stereocenters. The number of nitrogens with zero attached hydrogens (tertiary/aromatic N) is 6. The van der Waals surface area contributed by atoms with E-state index in [-0.39, 0.29) is 5.56 Å². The van der Waals surface area contributed by atoms with Crippen LogP contribution in [0.5, 0.6) is 0 Å². The van der Waals surface area contributed by atoms with Crippen LogP contribution in [-0.2, 0) is 14.1 Å². The summed E-state index contributed by atoms with van der Waals surface area (Å²) in [4.78, 5) is 11.2. The second kappa shape index (κ2) is 5.59. The molecule has 0 saturated heterocycles. The van der Waals surface area contributed by atoms with Crippen molar-refractivity contribution in [2.24, 2.45) is 14.1 Å². The lowest BCUT2D eigenvalue weighted by Crippen LogP contribution is -2.14. The highest BCUT2D eigenvalue weighted by atomic mass is 19.1. The Morgan fingerprint density at radius 1 is 1.23 bits per heavy atom. The maximum Gasteiger partial charge on any atom is 0.219 e. The van der Waals surface area contributed by atoms with E-state index in [0.717, 1.165) is 33.6 Å². The predicted octanol–water partition coefficient (Wildman–Crippen LogP) is 2.12. The third-order valence-corrected chi connectivity index (χ3v) is 4.56. The van der Waals surface area contributed by atoms with E-state index in [1.807, 2.05) is 55.2 Å². The lowest BCUT2D eigenvalue weighted by molar-refractivity contribution is 0.627. The molecule has 1 aromatic carbocycles. The third kappa shape index (κ3) is 2.24. The molecule has 0 bridgehead atoms. The number of benzene rings is 1. The average molecular weight is 346 g/mol. The van der Waals surface area contributed by atoms with Crippen LogP contribution in [0.2, 0.25) is 0 Å². The minimum Gasteiger partial charge on any atom is -0.408 e. The van der Waals surface area contributed by atoms with E-state index in [1.54, 1.807) is 12.4 Å². The molecule has 8 heteroatoms. The van der Waals surface area contributed by atoms with Gasteiger partial charge in [0.1, 0.15) is 22.8 Å². The summed E-state index contributed by atoms with van der Waals surface area (Å²) >= 11 is 0. The van der Waals surface area contributed by atoms with Gasteiger partial charge in [0.2, 0.25) is 7.98 Å². The summed E-state index contributed by atoms with van der Waals surface area (Å²) in [6.45, 7) is 0. The minimum absolute atomic E-state index is 0.290. The summed E-state index contributed by atoms with van der Waals surface area (Å²) in [6.07, 6.45) is 1.77. The van der Waals surface area contributed by atoms with Crippen molar-refractivity contribution in [3.8, 4) is 17.3 Å². The number of hydrogen-bond donors (Lipinski definition) is 0. The van der Waals surface area contributed by atoms with E-state index >= 15 is 0 Å². The van der Waals surface area contributed by atoms with Gasteiger partial charge in [-0.05, 0) is 31.3 Å².